The molecule has 2 heterocycles. The van der Waals surface area contributed by atoms with E-state index < -0.39 is 10.8 Å². The van der Waals surface area contributed by atoms with Crippen LogP contribution in [0.4, 0.5) is 0 Å². The zero-order valence-corrected chi connectivity index (χ0v) is 12.0. The van der Waals surface area contributed by atoms with E-state index in [1.54, 1.807) is 6.07 Å². The predicted octanol–water partition coefficient (Wildman–Crippen LogP) is 3.56. The van der Waals surface area contributed by atoms with Gasteiger partial charge in [0, 0.05) is 4.47 Å². The first kappa shape index (κ1) is 12.2. The first-order valence-corrected chi connectivity index (χ1v) is 8.23. The number of hydrogen-bond acceptors (Lipinski definition) is 4. The number of hydrogen-bond donors (Lipinski definition) is 0. The van der Waals surface area contributed by atoms with Gasteiger partial charge in [0.25, 0.3) is 0 Å². The molecule has 0 aromatic carbocycles. The molecular formula is C10H7BrO2S3. The van der Waals surface area contributed by atoms with Crippen molar-refractivity contribution in [3.8, 4) is 0 Å². The van der Waals surface area contributed by atoms with E-state index in [4.69, 9.17) is 0 Å². The Bertz CT molecular complexity index is 516. The third-order valence-corrected chi connectivity index (χ3v) is 6.35. The molecule has 0 amide bonds. The Morgan fingerprint density at radius 2 is 2.12 bits per heavy atom. The van der Waals surface area contributed by atoms with Crippen molar-refractivity contribution in [3.63, 3.8) is 0 Å². The quantitative estimate of drug-likeness (QED) is 0.801. The number of thiophene rings is 2. The molecule has 0 saturated heterocycles. The molecule has 0 aliphatic heterocycles. The van der Waals surface area contributed by atoms with Crippen LogP contribution in [0.15, 0.2) is 37.6 Å². The molecule has 2 aromatic heterocycles. The zero-order chi connectivity index (χ0) is 11.5. The number of carbonyl (C=O) groups excluding carboxylic acids is 1. The minimum Gasteiger partial charge on any atom is -0.292 e. The Morgan fingerprint density at radius 3 is 2.69 bits per heavy atom. The minimum atomic E-state index is -1.22. The highest BCUT2D eigenvalue weighted by Crippen LogP contribution is 2.24. The summed E-state index contributed by atoms with van der Waals surface area (Å²) in [5.74, 6) is -0.0202. The topological polar surface area (TPSA) is 34.1 Å². The fourth-order valence-electron chi connectivity index (χ4n) is 1.14. The molecule has 84 valence electrons. The smallest absolute Gasteiger partial charge is 0.186 e. The third-order valence-electron chi connectivity index (χ3n) is 1.85. The molecule has 0 fully saturated rings. The van der Waals surface area contributed by atoms with Crippen molar-refractivity contribution in [3.05, 3.63) is 38.3 Å². The molecule has 1 unspecified atom stereocenters. The van der Waals surface area contributed by atoms with Crippen molar-refractivity contribution >= 4 is 55.2 Å². The van der Waals surface area contributed by atoms with E-state index in [0.29, 0.717) is 4.88 Å². The third kappa shape index (κ3) is 2.68. The van der Waals surface area contributed by atoms with Crippen molar-refractivity contribution in [2.45, 2.75) is 4.21 Å². The van der Waals surface area contributed by atoms with Crippen molar-refractivity contribution in [1.29, 1.82) is 0 Å². The van der Waals surface area contributed by atoms with Gasteiger partial charge >= 0.3 is 0 Å². The highest BCUT2D eigenvalue weighted by atomic mass is 79.9. The summed E-state index contributed by atoms with van der Waals surface area (Å²) in [5.41, 5.74) is 0. The maximum absolute atomic E-state index is 11.8. The molecule has 16 heavy (non-hydrogen) atoms. The van der Waals surface area contributed by atoms with Gasteiger partial charge < -0.3 is 0 Å². The molecule has 0 aliphatic rings. The van der Waals surface area contributed by atoms with Gasteiger partial charge in [0.15, 0.2) is 5.78 Å². The fraction of sp³-hybridized carbons (Fsp3) is 0.100. The Balaban J connectivity index is 2.09. The van der Waals surface area contributed by atoms with Crippen LogP contribution in [0.1, 0.15) is 9.67 Å². The van der Waals surface area contributed by atoms with Crippen molar-refractivity contribution < 1.29 is 9.00 Å². The maximum atomic E-state index is 11.8. The second-order valence-electron chi connectivity index (χ2n) is 2.94. The van der Waals surface area contributed by atoms with Crippen LogP contribution >= 0.6 is 38.6 Å². The fourth-order valence-corrected chi connectivity index (χ4v) is 4.74. The molecule has 0 saturated carbocycles. The first-order chi connectivity index (χ1) is 7.68. The van der Waals surface area contributed by atoms with E-state index in [9.17, 15) is 9.00 Å². The van der Waals surface area contributed by atoms with Crippen molar-refractivity contribution in [1.82, 2.24) is 0 Å². The van der Waals surface area contributed by atoms with E-state index in [2.05, 4.69) is 15.9 Å². The number of Topliss-reactive ketones (excluding diaryl/α,β-unsaturated/α-hetero) is 1. The summed E-state index contributed by atoms with van der Waals surface area (Å²) < 4.78 is 13.3. The molecule has 6 heteroatoms. The standard InChI is InChI=1S/C10H7BrO2S3/c11-7-3-5-15-10(7)8(12)6-16(13)9-2-1-4-14-9/h1-5H,6H2. The van der Waals surface area contributed by atoms with Crippen LogP contribution < -0.4 is 0 Å². The summed E-state index contributed by atoms with van der Waals surface area (Å²) >= 11 is 6.08. The van der Waals surface area contributed by atoms with Crippen LogP contribution in [0.5, 0.6) is 0 Å². The van der Waals surface area contributed by atoms with Gasteiger partial charge in [0.2, 0.25) is 0 Å². The average Bonchev–Trinajstić information content (AvgIpc) is 2.86. The largest absolute Gasteiger partial charge is 0.292 e. The van der Waals surface area contributed by atoms with Gasteiger partial charge in [-0.25, -0.2) is 0 Å². The summed E-state index contributed by atoms with van der Waals surface area (Å²) in [4.78, 5) is 12.5. The lowest BCUT2D eigenvalue weighted by Gasteiger charge is -1.98. The number of rotatable bonds is 4. The van der Waals surface area contributed by atoms with E-state index in [1.165, 1.54) is 22.7 Å². The Labute approximate surface area is 112 Å². The lowest BCUT2D eigenvalue weighted by atomic mass is 10.3. The molecule has 1 atom stereocenters. The van der Waals surface area contributed by atoms with Gasteiger partial charge in [-0.05, 0) is 38.8 Å². The molecular weight excluding hydrogens is 328 g/mol. The van der Waals surface area contributed by atoms with Gasteiger partial charge in [-0.2, -0.15) is 0 Å². The van der Waals surface area contributed by atoms with Gasteiger partial charge in [0.05, 0.1) is 25.6 Å². The monoisotopic (exact) mass is 334 g/mol. The molecule has 0 aliphatic carbocycles. The average molecular weight is 335 g/mol. The molecule has 0 bridgehead atoms. The van der Waals surface area contributed by atoms with Crippen LogP contribution in [0.3, 0.4) is 0 Å². The van der Waals surface area contributed by atoms with E-state index >= 15 is 0 Å². The van der Waals surface area contributed by atoms with E-state index in [-0.39, 0.29) is 11.5 Å². The molecule has 2 rings (SSSR count). The Hall–Kier alpha value is -0.300. The number of halogens is 1. The molecule has 0 N–H and O–H groups in total. The highest BCUT2D eigenvalue weighted by molar-refractivity contribution is 9.10. The lowest BCUT2D eigenvalue weighted by Crippen LogP contribution is -2.09. The number of ketones is 1. The normalized spacial score (nSPS) is 12.6. The second kappa shape index (κ2) is 5.35. The maximum Gasteiger partial charge on any atom is 0.186 e. The summed E-state index contributed by atoms with van der Waals surface area (Å²) in [6.45, 7) is 0. The van der Waals surface area contributed by atoms with Crippen LogP contribution in [-0.4, -0.2) is 15.7 Å². The summed E-state index contributed by atoms with van der Waals surface area (Å²) in [5, 5.41) is 3.70. The molecule has 0 spiro atoms. The van der Waals surface area contributed by atoms with Crippen LogP contribution in [0, 0.1) is 0 Å². The summed E-state index contributed by atoms with van der Waals surface area (Å²) in [6, 6.07) is 5.45. The Kier molecular flexibility index (Phi) is 4.07. The molecule has 0 radical (unpaired) electrons. The van der Waals surface area contributed by atoms with Gasteiger partial charge in [0.1, 0.15) is 0 Å². The minimum absolute atomic E-state index is 0.0552. The second-order valence-corrected chi connectivity index (χ2v) is 7.34. The zero-order valence-electron chi connectivity index (χ0n) is 8.01. The van der Waals surface area contributed by atoms with E-state index in [0.717, 1.165) is 8.68 Å². The highest BCUT2D eigenvalue weighted by Gasteiger charge is 2.16. The van der Waals surface area contributed by atoms with Crippen LogP contribution in [0.2, 0.25) is 0 Å². The van der Waals surface area contributed by atoms with Crippen LogP contribution in [0.25, 0.3) is 0 Å². The SMILES string of the molecule is O=C(CS(=O)c1cccs1)c1sccc1Br. The van der Waals surface area contributed by atoms with Gasteiger partial charge in [-0.15, -0.1) is 22.7 Å². The van der Waals surface area contributed by atoms with Crippen molar-refractivity contribution in [2.75, 3.05) is 5.75 Å². The number of carbonyl (C=O) groups is 1. The van der Waals surface area contributed by atoms with Crippen LogP contribution in [-0.2, 0) is 10.8 Å². The van der Waals surface area contributed by atoms with Gasteiger partial charge in [-0.3, -0.25) is 9.00 Å². The summed E-state index contributed by atoms with van der Waals surface area (Å²) in [7, 11) is -1.22. The molecule has 2 nitrogen and oxygen atoms in total. The van der Waals surface area contributed by atoms with E-state index in [1.807, 2.05) is 22.9 Å². The first-order valence-electron chi connectivity index (χ1n) is 4.36. The van der Waals surface area contributed by atoms with Gasteiger partial charge in [-0.1, -0.05) is 6.07 Å². The van der Waals surface area contributed by atoms with Crippen molar-refractivity contribution in [2.24, 2.45) is 0 Å². The predicted molar refractivity (Wildman–Crippen MR) is 71.9 cm³/mol. The lowest BCUT2D eigenvalue weighted by molar-refractivity contribution is 0.102. The molecule has 2 aromatic rings. The summed E-state index contributed by atoms with van der Waals surface area (Å²) in [6.07, 6.45) is 0. The Morgan fingerprint density at radius 1 is 1.31 bits per heavy atom.